The first-order chi connectivity index (χ1) is 14.0. The Morgan fingerprint density at radius 3 is 2.50 bits per heavy atom. The van der Waals surface area contributed by atoms with Crippen molar-refractivity contribution in [3.63, 3.8) is 0 Å². The average molecular weight is 442 g/mol. The summed E-state index contributed by atoms with van der Waals surface area (Å²) in [6, 6.07) is 6.46. The topological polar surface area (TPSA) is 93.9 Å². The number of amides is 1. The molecule has 1 heterocycles. The molecule has 168 valence electrons. The maximum absolute atomic E-state index is 13.0. The number of nitrogens with zero attached hydrogens (tertiary/aromatic N) is 2. The van der Waals surface area contributed by atoms with Crippen molar-refractivity contribution in [3.05, 3.63) is 39.9 Å². The van der Waals surface area contributed by atoms with E-state index in [-0.39, 0.29) is 17.2 Å². The SMILES string of the molecule is CCC1(NCCc2ccc([N+](=O)[O-])cc2)C(Cl)CC(OC)CN1C(=O)OC(C)(C)C. The lowest BCUT2D eigenvalue weighted by molar-refractivity contribution is -0.384. The van der Waals surface area contributed by atoms with Crippen molar-refractivity contribution in [1.29, 1.82) is 0 Å². The largest absolute Gasteiger partial charge is 0.444 e. The fraction of sp³-hybridized carbons (Fsp3) is 0.667. The quantitative estimate of drug-likeness (QED) is 0.389. The lowest BCUT2D eigenvalue weighted by Crippen LogP contribution is -2.71. The number of methoxy groups -OCH3 is 1. The molecule has 1 N–H and O–H groups in total. The molecule has 1 aliphatic heterocycles. The molecule has 1 amide bonds. The molecule has 0 radical (unpaired) electrons. The van der Waals surface area contributed by atoms with Crippen LogP contribution in [0.3, 0.4) is 0 Å². The summed E-state index contributed by atoms with van der Waals surface area (Å²) in [6.07, 6.45) is 1.24. The number of nitro benzene ring substituents is 1. The summed E-state index contributed by atoms with van der Waals surface area (Å²) < 4.78 is 11.1. The second kappa shape index (κ2) is 9.94. The van der Waals surface area contributed by atoms with Gasteiger partial charge < -0.3 is 9.47 Å². The number of halogens is 1. The number of piperidine rings is 1. The molecule has 1 aromatic rings. The second-order valence-electron chi connectivity index (χ2n) is 8.53. The summed E-state index contributed by atoms with van der Waals surface area (Å²) in [5, 5.41) is 13.9. The van der Waals surface area contributed by atoms with Gasteiger partial charge >= 0.3 is 6.09 Å². The van der Waals surface area contributed by atoms with Crippen molar-refractivity contribution in [1.82, 2.24) is 10.2 Å². The van der Waals surface area contributed by atoms with Gasteiger partial charge in [-0.05, 0) is 45.6 Å². The summed E-state index contributed by atoms with van der Waals surface area (Å²) in [4.78, 5) is 25.1. The standard InChI is InChI=1S/C21H32ClN3O5/c1-6-21(23-12-11-15-7-9-16(10-8-15)25(27)28)18(22)13-17(29-5)14-24(21)19(26)30-20(2,3)4/h7-10,17-18,23H,6,11-14H2,1-5H3. The number of alkyl halides is 1. The third kappa shape index (κ3) is 5.83. The molecule has 1 fully saturated rings. The van der Waals surface area contributed by atoms with Gasteiger partial charge in [-0.25, -0.2) is 4.79 Å². The van der Waals surface area contributed by atoms with Crippen LogP contribution in [0, 0.1) is 10.1 Å². The fourth-order valence-corrected chi connectivity index (χ4v) is 4.26. The third-order valence-electron chi connectivity index (χ3n) is 5.33. The van der Waals surface area contributed by atoms with E-state index in [9.17, 15) is 14.9 Å². The summed E-state index contributed by atoms with van der Waals surface area (Å²) in [5.74, 6) is 0. The Morgan fingerprint density at radius 2 is 2.00 bits per heavy atom. The van der Waals surface area contributed by atoms with Gasteiger partial charge in [-0.1, -0.05) is 19.1 Å². The van der Waals surface area contributed by atoms with Gasteiger partial charge in [0.15, 0.2) is 0 Å². The minimum atomic E-state index is -0.778. The van der Waals surface area contributed by atoms with Gasteiger partial charge in [0.25, 0.3) is 5.69 Å². The van der Waals surface area contributed by atoms with Gasteiger partial charge in [0.05, 0.1) is 22.9 Å². The summed E-state index contributed by atoms with van der Waals surface area (Å²) >= 11 is 6.79. The Bertz CT molecular complexity index is 737. The van der Waals surface area contributed by atoms with Crippen LogP contribution >= 0.6 is 11.6 Å². The highest BCUT2D eigenvalue weighted by atomic mass is 35.5. The van der Waals surface area contributed by atoms with E-state index in [1.807, 2.05) is 27.7 Å². The van der Waals surface area contributed by atoms with Gasteiger partial charge in [0.2, 0.25) is 0 Å². The Kier molecular flexibility index (Phi) is 8.07. The van der Waals surface area contributed by atoms with Crippen LogP contribution in [0.25, 0.3) is 0 Å². The molecule has 0 bridgehead atoms. The zero-order valence-corrected chi connectivity index (χ0v) is 19.1. The molecule has 1 aliphatic rings. The highest BCUT2D eigenvalue weighted by molar-refractivity contribution is 6.21. The number of nitrogens with one attached hydrogen (secondary N) is 1. The van der Waals surface area contributed by atoms with Crippen molar-refractivity contribution in [2.75, 3.05) is 20.2 Å². The Morgan fingerprint density at radius 1 is 1.37 bits per heavy atom. The lowest BCUT2D eigenvalue weighted by atomic mass is 9.90. The van der Waals surface area contributed by atoms with Crippen LogP contribution in [0.4, 0.5) is 10.5 Å². The Labute approximate surface area is 183 Å². The molecular weight excluding hydrogens is 410 g/mol. The molecule has 0 spiro atoms. The van der Waals surface area contributed by atoms with Crippen LogP contribution in [-0.2, 0) is 15.9 Å². The number of carbonyl (C=O) groups excluding carboxylic acids is 1. The molecule has 1 aromatic carbocycles. The van der Waals surface area contributed by atoms with Gasteiger partial charge in [-0.2, -0.15) is 0 Å². The second-order valence-corrected chi connectivity index (χ2v) is 9.06. The number of hydrogen-bond acceptors (Lipinski definition) is 6. The molecule has 2 rings (SSSR count). The zero-order valence-electron chi connectivity index (χ0n) is 18.3. The molecule has 0 saturated carbocycles. The fourth-order valence-electron chi connectivity index (χ4n) is 3.71. The van der Waals surface area contributed by atoms with E-state index in [0.29, 0.717) is 32.4 Å². The van der Waals surface area contributed by atoms with Crippen LogP contribution in [0.5, 0.6) is 0 Å². The molecule has 0 aromatic heterocycles. The summed E-state index contributed by atoms with van der Waals surface area (Å²) in [6.45, 7) is 8.40. The van der Waals surface area contributed by atoms with Crippen LogP contribution in [0.2, 0.25) is 0 Å². The maximum atomic E-state index is 13.0. The number of carbonyl (C=O) groups is 1. The van der Waals surface area contributed by atoms with Crippen molar-refractivity contribution in [3.8, 4) is 0 Å². The minimum Gasteiger partial charge on any atom is -0.444 e. The van der Waals surface area contributed by atoms with Crippen LogP contribution in [0.1, 0.15) is 46.1 Å². The monoisotopic (exact) mass is 441 g/mol. The number of hydrogen-bond donors (Lipinski definition) is 1. The summed E-state index contributed by atoms with van der Waals surface area (Å²) in [5.41, 5.74) is -0.386. The van der Waals surface area contributed by atoms with Crippen molar-refractivity contribution in [2.45, 2.75) is 69.7 Å². The first-order valence-electron chi connectivity index (χ1n) is 10.2. The van der Waals surface area contributed by atoms with E-state index in [1.165, 1.54) is 12.1 Å². The Hall–Kier alpha value is -1.90. The van der Waals surface area contributed by atoms with Crippen molar-refractivity contribution >= 4 is 23.4 Å². The smallest absolute Gasteiger partial charge is 0.411 e. The molecule has 8 nitrogen and oxygen atoms in total. The average Bonchev–Trinajstić information content (AvgIpc) is 2.67. The van der Waals surface area contributed by atoms with Crippen LogP contribution < -0.4 is 5.32 Å². The molecule has 30 heavy (non-hydrogen) atoms. The highest BCUT2D eigenvalue weighted by Gasteiger charge is 2.50. The van der Waals surface area contributed by atoms with E-state index in [2.05, 4.69) is 5.32 Å². The molecule has 1 saturated heterocycles. The predicted octanol–water partition coefficient (Wildman–Crippen LogP) is 4.10. The first kappa shape index (κ1) is 24.4. The minimum absolute atomic E-state index is 0.0616. The van der Waals surface area contributed by atoms with E-state index < -0.39 is 22.3 Å². The number of benzene rings is 1. The lowest BCUT2D eigenvalue weighted by Gasteiger charge is -2.51. The predicted molar refractivity (Wildman–Crippen MR) is 116 cm³/mol. The maximum Gasteiger partial charge on any atom is 0.411 e. The van der Waals surface area contributed by atoms with Crippen LogP contribution in [0.15, 0.2) is 24.3 Å². The van der Waals surface area contributed by atoms with Gasteiger partial charge in [-0.15, -0.1) is 11.6 Å². The number of nitro groups is 1. The van der Waals surface area contributed by atoms with E-state index in [4.69, 9.17) is 21.1 Å². The van der Waals surface area contributed by atoms with E-state index in [0.717, 1.165) is 5.56 Å². The molecule has 0 aliphatic carbocycles. The van der Waals surface area contributed by atoms with Gasteiger partial charge in [0, 0.05) is 25.8 Å². The van der Waals surface area contributed by atoms with Gasteiger partial charge in [-0.3, -0.25) is 20.3 Å². The van der Waals surface area contributed by atoms with Gasteiger partial charge in [0.1, 0.15) is 11.3 Å². The molecular formula is C21H32ClN3O5. The highest BCUT2D eigenvalue weighted by Crippen LogP contribution is 2.35. The molecule has 9 heteroatoms. The number of rotatable bonds is 7. The van der Waals surface area contributed by atoms with Crippen molar-refractivity contribution < 1.29 is 19.2 Å². The Balaban J connectivity index is 2.17. The van der Waals surface area contributed by atoms with Crippen molar-refractivity contribution in [2.24, 2.45) is 0 Å². The third-order valence-corrected chi connectivity index (χ3v) is 5.87. The zero-order chi connectivity index (χ0) is 22.5. The first-order valence-corrected chi connectivity index (χ1v) is 10.6. The number of ether oxygens (including phenoxy) is 2. The number of likely N-dealkylation sites (tertiary alicyclic amines) is 1. The number of non-ortho nitro benzene ring substituents is 1. The summed E-state index contributed by atoms with van der Waals surface area (Å²) in [7, 11) is 1.61. The van der Waals surface area contributed by atoms with E-state index >= 15 is 0 Å². The molecule has 3 atom stereocenters. The molecule has 3 unspecified atom stereocenters. The normalized spacial score (nSPS) is 24.5. The van der Waals surface area contributed by atoms with E-state index in [1.54, 1.807) is 24.1 Å². The van der Waals surface area contributed by atoms with Crippen LogP contribution in [-0.4, -0.2) is 58.9 Å².